The Morgan fingerprint density at radius 1 is 1.19 bits per heavy atom. The van der Waals surface area contributed by atoms with Crippen LogP contribution in [0.2, 0.25) is 0 Å². The molecule has 0 unspecified atom stereocenters. The summed E-state index contributed by atoms with van der Waals surface area (Å²) in [5.41, 5.74) is -2.95. The predicted molar refractivity (Wildman–Crippen MR) is 83.3 cm³/mol. The van der Waals surface area contributed by atoms with Gasteiger partial charge in [-0.05, 0) is 24.6 Å². The van der Waals surface area contributed by atoms with Crippen LogP contribution in [-0.2, 0) is 20.9 Å². The number of rotatable bonds is 7. The fourth-order valence-electron chi connectivity index (χ4n) is 2.28. The molecule has 2 rings (SSSR count). The highest BCUT2D eigenvalue weighted by molar-refractivity contribution is 5.88. The molecule has 1 atom stereocenters. The van der Waals surface area contributed by atoms with Crippen molar-refractivity contribution in [3.63, 3.8) is 0 Å². The van der Waals surface area contributed by atoms with Crippen molar-refractivity contribution in [2.24, 2.45) is 0 Å². The van der Waals surface area contributed by atoms with E-state index in [-0.39, 0.29) is 26.4 Å². The van der Waals surface area contributed by atoms with Crippen LogP contribution < -0.4 is 20.1 Å². The molecule has 7 nitrogen and oxygen atoms in total. The number of esters is 1. The second-order valence-electron chi connectivity index (χ2n) is 5.41. The first-order chi connectivity index (χ1) is 12.2. The molecule has 10 heteroatoms. The lowest BCUT2D eigenvalue weighted by atomic mass is 10.1. The van der Waals surface area contributed by atoms with E-state index in [0.717, 1.165) is 0 Å². The number of carbonyl (C=O) groups excluding carboxylic acids is 2. The molecular formula is C16H19F3N2O5. The summed E-state index contributed by atoms with van der Waals surface area (Å²) in [4.78, 5) is 23.8. The van der Waals surface area contributed by atoms with Gasteiger partial charge in [-0.15, -0.1) is 0 Å². The largest absolute Gasteiger partial charge is 0.463 e. The van der Waals surface area contributed by atoms with E-state index in [2.05, 4.69) is 10.1 Å². The van der Waals surface area contributed by atoms with E-state index in [0.29, 0.717) is 17.1 Å². The number of ether oxygens (including phenoxy) is 3. The van der Waals surface area contributed by atoms with E-state index >= 15 is 0 Å². The standard InChI is InChI=1S/C16H19F3N2O5/c1-3-13(22)21-15(16(17,18)19,14(23)24-4-2)20-8-10-5-6-11-12(7-10)26-9-25-11/h5-7,20H,3-4,8-9H2,1-2H3,(H,21,22)/t15-/m1/s1. The van der Waals surface area contributed by atoms with Crippen LogP contribution >= 0.6 is 0 Å². The predicted octanol–water partition coefficient (Wildman–Crippen LogP) is 1.85. The second kappa shape index (κ2) is 7.81. The molecule has 0 aliphatic carbocycles. The Balaban J connectivity index is 2.29. The van der Waals surface area contributed by atoms with Crippen LogP contribution in [0.1, 0.15) is 25.8 Å². The summed E-state index contributed by atoms with van der Waals surface area (Å²) in [6.07, 6.45) is -5.36. The van der Waals surface area contributed by atoms with E-state index in [9.17, 15) is 22.8 Å². The molecule has 1 aromatic carbocycles. The summed E-state index contributed by atoms with van der Waals surface area (Å²) in [5.74, 6) is -1.72. The van der Waals surface area contributed by atoms with Crippen molar-refractivity contribution < 1.29 is 37.0 Å². The van der Waals surface area contributed by atoms with Gasteiger partial charge in [-0.25, -0.2) is 4.79 Å². The molecular weight excluding hydrogens is 357 g/mol. The van der Waals surface area contributed by atoms with Crippen LogP contribution in [0.5, 0.6) is 11.5 Å². The highest BCUT2D eigenvalue weighted by Crippen LogP contribution is 2.34. The van der Waals surface area contributed by atoms with E-state index in [4.69, 9.17) is 9.47 Å². The molecule has 0 spiro atoms. The third-order valence-electron chi connectivity index (χ3n) is 3.65. The Bertz CT molecular complexity index is 680. The minimum atomic E-state index is -5.12. The Hall–Kier alpha value is -2.49. The van der Waals surface area contributed by atoms with Crippen LogP contribution in [0.15, 0.2) is 18.2 Å². The number of amides is 1. The molecule has 1 aliphatic heterocycles. The number of benzene rings is 1. The zero-order valence-electron chi connectivity index (χ0n) is 14.2. The van der Waals surface area contributed by atoms with Crippen molar-refractivity contribution >= 4 is 11.9 Å². The normalized spacial score (nSPS) is 15.3. The van der Waals surface area contributed by atoms with Crippen molar-refractivity contribution in [3.8, 4) is 11.5 Å². The molecule has 0 saturated carbocycles. The first-order valence-corrected chi connectivity index (χ1v) is 7.92. The van der Waals surface area contributed by atoms with Crippen molar-refractivity contribution in [1.29, 1.82) is 0 Å². The molecule has 0 saturated heterocycles. The van der Waals surface area contributed by atoms with E-state index in [1.807, 2.05) is 0 Å². The maximum atomic E-state index is 13.7. The number of fused-ring (bicyclic) bond motifs is 1. The number of alkyl halides is 3. The number of hydrogen-bond donors (Lipinski definition) is 2. The first kappa shape index (κ1) is 19.8. The zero-order valence-corrected chi connectivity index (χ0v) is 14.2. The third-order valence-corrected chi connectivity index (χ3v) is 3.65. The second-order valence-corrected chi connectivity index (χ2v) is 5.41. The van der Waals surface area contributed by atoms with Gasteiger partial charge in [0.2, 0.25) is 12.7 Å². The molecule has 1 aliphatic rings. The zero-order chi connectivity index (χ0) is 19.4. The smallest absolute Gasteiger partial charge is 0.436 e. The minimum Gasteiger partial charge on any atom is -0.463 e. The third kappa shape index (κ3) is 4.01. The van der Waals surface area contributed by atoms with Crippen LogP contribution in [0, 0.1) is 0 Å². The number of nitrogens with one attached hydrogen (secondary N) is 2. The van der Waals surface area contributed by atoms with E-state index in [1.54, 1.807) is 11.4 Å². The molecule has 1 amide bonds. The lowest BCUT2D eigenvalue weighted by Gasteiger charge is -2.34. The number of carbonyl (C=O) groups is 2. The van der Waals surface area contributed by atoms with Crippen LogP contribution in [0.4, 0.5) is 13.2 Å². The van der Waals surface area contributed by atoms with Gasteiger partial charge in [-0.2, -0.15) is 13.2 Å². The van der Waals surface area contributed by atoms with Gasteiger partial charge >= 0.3 is 12.1 Å². The van der Waals surface area contributed by atoms with Gasteiger partial charge in [0.05, 0.1) is 6.61 Å². The van der Waals surface area contributed by atoms with Gasteiger partial charge in [0.25, 0.3) is 5.66 Å². The fraction of sp³-hybridized carbons (Fsp3) is 0.500. The van der Waals surface area contributed by atoms with Crippen molar-refractivity contribution in [2.75, 3.05) is 13.4 Å². The number of halogens is 3. The van der Waals surface area contributed by atoms with Gasteiger partial charge in [-0.3, -0.25) is 10.1 Å². The van der Waals surface area contributed by atoms with Crippen LogP contribution in [0.25, 0.3) is 0 Å². The molecule has 144 valence electrons. The van der Waals surface area contributed by atoms with Crippen LogP contribution in [-0.4, -0.2) is 37.1 Å². The summed E-state index contributed by atoms with van der Waals surface area (Å²) in [5, 5.41) is 3.82. The minimum absolute atomic E-state index is 0.0219. The molecule has 26 heavy (non-hydrogen) atoms. The molecule has 1 aromatic rings. The Morgan fingerprint density at radius 2 is 1.88 bits per heavy atom. The summed E-state index contributed by atoms with van der Waals surface area (Å²) in [7, 11) is 0. The molecule has 0 aromatic heterocycles. The fourth-order valence-corrected chi connectivity index (χ4v) is 2.28. The number of hydrogen-bond acceptors (Lipinski definition) is 6. The molecule has 1 heterocycles. The monoisotopic (exact) mass is 376 g/mol. The van der Waals surface area contributed by atoms with Crippen LogP contribution in [0.3, 0.4) is 0 Å². The van der Waals surface area contributed by atoms with Gasteiger partial charge in [0.15, 0.2) is 11.5 Å². The molecule has 2 N–H and O–H groups in total. The summed E-state index contributed by atoms with van der Waals surface area (Å²) >= 11 is 0. The average Bonchev–Trinajstić information content (AvgIpc) is 3.05. The summed E-state index contributed by atoms with van der Waals surface area (Å²) in [6.45, 7) is 2.12. The summed E-state index contributed by atoms with van der Waals surface area (Å²) in [6, 6.07) is 4.56. The quantitative estimate of drug-likeness (QED) is 0.558. The maximum Gasteiger partial charge on any atom is 0.436 e. The van der Waals surface area contributed by atoms with Gasteiger partial charge < -0.3 is 19.5 Å². The van der Waals surface area contributed by atoms with Crippen molar-refractivity contribution in [3.05, 3.63) is 23.8 Å². The van der Waals surface area contributed by atoms with E-state index < -0.39 is 23.7 Å². The SMILES string of the molecule is CCOC(=O)[C@@](NCc1ccc2c(c1)OCO2)(NC(=O)CC)C(F)(F)F. The van der Waals surface area contributed by atoms with Crippen molar-refractivity contribution in [2.45, 2.75) is 38.7 Å². The maximum absolute atomic E-state index is 13.7. The Labute approximate surface area is 147 Å². The molecule has 0 fully saturated rings. The molecule has 0 radical (unpaired) electrons. The topological polar surface area (TPSA) is 85.9 Å². The van der Waals surface area contributed by atoms with Crippen molar-refractivity contribution in [1.82, 2.24) is 10.6 Å². The highest BCUT2D eigenvalue weighted by Gasteiger charge is 2.62. The lowest BCUT2D eigenvalue weighted by Crippen LogP contribution is -2.72. The van der Waals surface area contributed by atoms with Gasteiger partial charge in [0.1, 0.15) is 0 Å². The lowest BCUT2D eigenvalue weighted by molar-refractivity contribution is -0.222. The highest BCUT2D eigenvalue weighted by atomic mass is 19.4. The van der Waals surface area contributed by atoms with Gasteiger partial charge in [-0.1, -0.05) is 13.0 Å². The van der Waals surface area contributed by atoms with E-state index in [1.165, 1.54) is 26.0 Å². The summed E-state index contributed by atoms with van der Waals surface area (Å²) < 4.78 is 56.1. The molecule has 0 bridgehead atoms. The Morgan fingerprint density at radius 3 is 2.50 bits per heavy atom. The first-order valence-electron chi connectivity index (χ1n) is 7.92. The Kier molecular flexibility index (Phi) is 5.96. The van der Waals surface area contributed by atoms with Gasteiger partial charge in [0, 0.05) is 13.0 Å². The average molecular weight is 376 g/mol.